The summed E-state index contributed by atoms with van der Waals surface area (Å²) < 4.78 is 0. The van der Waals surface area contributed by atoms with E-state index in [9.17, 15) is 0 Å². The van der Waals surface area contributed by atoms with Crippen LogP contribution in [-0.2, 0) is 0 Å². The van der Waals surface area contributed by atoms with Crippen LogP contribution in [0.4, 0.5) is 0 Å². The molecule has 3 aliphatic rings. The molecule has 3 rings (SSSR count). The van der Waals surface area contributed by atoms with Crippen molar-refractivity contribution in [1.82, 2.24) is 0 Å². The van der Waals surface area contributed by atoms with Crippen molar-refractivity contribution < 1.29 is 0 Å². The van der Waals surface area contributed by atoms with Gasteiger partial charge in [0.2, 0.25) is 0 Å². The molecule has 0 spiro atoms. The number of fused-ring (bicyclic) bond motifs is 1. The van der Waals surface area contributed by atoms with Crippen molar-refractivity contribution in [3.05, 3.63) is 12.2 Å². The molecular weight excluding hydrogens is 192 g/mol. The third-order valence-electron chi connectivity index (χ3n) is 5.95. The molecule has 0 amide bonds. The Labute approximate surface area is 101 Å². The number of rotatable bonds is 0. The average molecular weight is 218 g/mol. The van der Waals surface area contributed by atoms with Crippen LogP contribution in [0, 0.1) is 29.1 Å². The number of hydrogen-bond acceptors (Lipinski definition) is 0. The van der Waals surface area contributed by atoms with Crippen molar-refractivity contribution in [2.24, 2.45) is 29.1 Å². The van der Waals surface area contributed by atoms with Crippen LogP contribution in [0.1, 0.15) is 58.8 Å². The van der Waals surface area contributed by atoms with Gasteiger partial charge in [0.25, 0.3) is 0 Å². The van der Waals surface area contributed by atoms with Gasteiger partial charge in [-0.05, 0) is 67.6 Å². The van der Waals surface area contributed by atoms with Gasteiger partial charge in [0, 0.05) is 0 Å². The number of allylic oxidation sites excluding steroid dienone is 1. The first-order valence-corrected chi connectivity index (χ1v) is 7.28. The Balaban J connectivity index is 2.02. The lowest BCUT2D eigenvalue weighted by molar-refractivity contribution is 0.115. The Hall–Kier alpha value is -0.260. The van der Waals surface area contributed by atoms with E-state index in [2.05, 4.69) is 20.4 Å². The van der Waals surface area contributed by atoms with E-state index >= 15 is 0 Å². The quantitative estimate of drug-likeness (QED) is 0.512. The van der Waals surface area contributed by atoms with Crippen LogP contribution < -0.4 is 0 Å². The molecule has 16 heavy (non-hydrogen) atoms. The highest BCUT2D eigenvalue weighted by molar-refractivity contribution is 5.16. The third kappa shape index (κ3) is 1.49. The minimum Gasteiger partial charge on any atom is -0.0993 e. The molecule has 0 aromatic heterocycles. The van der Waals surface area contributed by atoms with Gasteiger partial charge in [-0.1, -0.05) is 32.4 Å². The maximum atomic E-state index is 4.50. The highest BCUT2D eigenvalue weighted by Gasteiger charge is 2.49. The third-order valence-corrected chi connectivity index (χ3v) is 5.95. The second-order valence-corrected chi connectivity index (χ2v) is 7.20. The van der Waals surface area contributed by atoms with Crippen LogP contribution in [-0.4, -0.2) is 0 Å². The lowest BCUT2D eigenvalue weighted by atomic mass is 9.64. The van der Waals surface area contributed by atoms with Crippen molar-refractivity contribution in [1.29, 1.82) is 0 Å². The molecule has 0 saturated heterocycles. The smallest absolute Gasteiger partial charge is 0.0167 e. The minimum absolute atomic E-state index is 0.573. The van der Waals surface area contributed by atoms with Gasteiger partial charge in [-0.2, -0.15) is 0 Å². The fourth-order valence-electron chi connectivity index (χ4n) is 5.21. The summed E-state index contributed by atoms with van der Waals surface area (Å²) in [7, 11) is 0. The molecule has 90 valence electrons. The molecular formula is C16H26. The van der Waals surface area contributed by atoms with E-state index in [-0.39, 0.29) is 0 Å². The zero-order valence-corrected chi connectivity index (χ0v) is 11.0. The zero-order chi connectivity index (χ0) is 11.3. The van der Waals surface area contributed by atoms with Crippen molar-refractivity contribution in [2.45, 2.75) is 58.8 Å². The maximum Gasteiger partial charge on any atom is -0.0167 e. The molecule has 4 atom stereocenters. The van der Waals surface area contributed by atoms with E-state index in [1.807, 2.05) is 0 Å². The second-order valence-electron chi connectivity index (χ2n) is 7.20. The van der Waals surface area contributed by atoms with Gasteiger partial charge in [0.15, 0.2) is 0 Å². The van der Waals surface area contributed by atoms with Crippen molar-refractivity contribution in [2.75, 3.05) is 0 Å². The molecule has 0 aromatic carbocycles. The van der Waals surface area contributed by atoms with Crippen LogP contribution in [0.15, 0.2) is 12.2 Å². The predicted molar refractivity (Wildman–Crippen MR) is 69.2 cm³/mol. The molecule has 3 fully saturated rings. The molecule has 0 heterocycles. The van der Waals surface area contributed by atoms with Gasteiger partial charge >= 0.3 is 0 Å². The molecule has 0 heteroatoms. The van der Waals surface area contributed by atoms with E-state index in [4.69, 9.17) is 0 Å². The van der Waals surface area contributed by atoms with Crippen molar-refractivity contribution >= 4 is 0 Å². The number of hydrogen-bond donors (Lipinski definition) is 0. The van der Waals surface area contributed by atoms with Crippen LogP contribution in [0.25, 0.3) is 0 Å². The summed E-state index contributed by atoms with van der Waals surface area (Å²) in [6.45, 7) is 9.56. The lowest BCUT2D eigenvalue weighted by Gasteiger charge is -2.41. The molecule has 3 saturated carbocycles. The van der Waals surface area contributed by atoms with E-state index in [0.29, 0.717) is 5.41 Å². The summed E-state index contributed by atoms with van der Waals surface area (Å²) >= 11 is 0. The first-order chi connectivity index (χ1) is 7.59. The zero-order valence-electron chi connectivity index (χ0n) is 11.0. The van der Waals surface area contributed by atoms with Crippen molar-refractivity contribution in [3.8, 4) is 0 Å². The first kappa shape index (κ1) is 10.9. The molecule has 0 aromatic rings. The van der Waals surface area contributed by atoms with E-state index in [1.165, 1.54) is 44.9 Å². The molecule has 3 aliphatic carbocycles. The molecule has 0 N–H and O–H groups in total. The van der Waals surface area contributed by atoms with Crippen LogP contribution in [0.2, 0.25) is 0 Å². The highest BCUT2D eigenvalue weighted by atomic mass is 14.5. The van der Waals surface area contributed by atoms with Gasteiger partial charge in [-0.3, -0.25) is 0 Å². The molecule has 0 radical (unpaired) electrons. The summed E-state index contributed by atoms with van der Waals surface area (Å²) in [4.78, 5) is 0. The largest absolute Gasteiger partial charge is 0.0993 e. The van der Waals surface area contributed by atoms with Gasteiger partial charge < -0.3 is 0 Å². The molecule has 3 unspecified atom stereocenters. The van der Waals surface area contributed by atoms with Gasteiger partial charge in [0.1, 0.15) is 0 Å². The molecule has 0 nitrogen and oxygen atoms in total. The monoisotopic (exact) mass is 218 g/mol. The Morgan fingerprint density at radius 2 is 1.81 bits per heavy atom. The van der Waals surface area contributed by atoms with E-state index in [1.54, 1.807) is 5.57 Å². The molecule has 0 aliphatic heterocycles. The highest BCUT2D eigenvalue weighted by Crippen LogP contribution is 2.58. The Bertz CT molecular complexity index is 299. The predicted octanol–water partition coefficient (Wildman–Crippen LogP) is 4.81. The normalized spacial score (nSPS) is 46.2. The fourth-order valence-corrected chi connectivity index (χ4v) is 5.21. The van der Waals surface area contributed by atoms with Crippen LogP contribution in [0.3, 0.4) is 0 Å². The summed E-state index contributed by atoms with van der Waals surface area (Å²) in [5.41, 5.74) is 2.22. The lowest BCUT2D eigenvalue weighted by Crippen LogP contribution is -2.33. The first-order valence-electron chi connectivity index (χ1n) is 7.28. The minimum atomic E-state index is 0.573. The average Bonchev–Trinajstić information content (AvgIpc) is 2.60. The summed E-state index contributed by atoms with van der Waals surface area (Å²) in [6.07, 6.45) is 10.2. The Kier molecular flexibility index (Phi) is 2.46. The topological polar surface area (TPSA) is 0 Å². The van der Waals surface area contributed by atoms with Gasteiger partial charge in [-0.15, -0.1) is 0 Å². The second kappa shape index (κ2) is 3.62. The van der Waals surface area contributed by atoms with Gasteiger partial charge in [0.05, 0.1) is 0 Å². The Morgan fingerprint density at radius 3 is 2.62 bits per heavy atom. The summed E-state index contributed by atoms with van der Waals surface area (Å²) in [5, 5.41) is 0. The maximum absolute atomic E-state index is 4.50. The fraction of sp³-hybridized carbons (Fsp3) is 0.875. The summed E-state index contributed by atoms with van der Waals surface area (Å²) in [6, 6.07) is 0. The van der Waals surface area contributed by atoms with Crippen LogP contribution >= 0.6 is 0 Å². The van der Waals surface area contributed by atoms with Crippen LogP contribution in [0.5, 0.6) is 0 Å². The van der Waals surface area contributed by atoms with E-state index in [0.717, 1.165) is 23.7 Å². The summed E-state index contributed by atoms with van der Waals surface area (Å²) in [5.74, 6) is 3.76. The SMILES string of the molecule is C=C1C2CCC3CC[C@@H]1CCCC(C)(C)C32. The van der Waals surface area contributed by atoms with Crippen molar-refractivity contribution in [3.63, 3.8) is 0 Å². The standard InChI is InChI=1S/C16H26/c1-11-12-5-4-10-16(2,3)15-13(7-6-12)8-9-14(11)15/h12-15H,1,4-10H2,2-3H3/t12-,13?,14?,15?/m0/s1. The Morgan fingerprint density at radius 1 is 1.06 bits per heavy atom. The van der Waals surface area contributed by atoms with Gasteiger partial charge in [-0.25, -0.2) is 0 Å². The van der Waals surface area contributed by atoms with E-state index < -0.39 is 0 Å². The molecule has 4 bridgehead atoms.